The Hall–Kier alpha value is -1.62. The van der Waals surface area contributed by atoms with Crippen LogP contribution in [0.5, 0.6) is 5.75 Å². The van der Waals surface area contributed by atoms with Gasteiger partial charge in [-0.2, -0.15) is 5.10 Å². The SMILES string of the molecule is CCCOc1cc(Sc2cnn(C)c2)ccc1N. The van der Waals surface area contributed by atoms with Gasteiger partial charge in [-0.3, -0.25) is 4.68 Å². The van der Waals surface area contributed by atoms with Crippen LogP contribution in [-0.2, 0) is 7.05 Å². The molecule has 0 aliphatic heterocycles. The predicted molar refractivity (Wildman–Crippen MR) is 74.0 cm³/mol. The molecular formula is C13H17N3OS. The summed E-state index contributed by atoms with van der Waals surface area (Å²) in [4.78, 5) is 2.20. The molecular weight excluding hydrogens is 246 g/mol. The van der Waals surface area contributed by atoms with Gasteiger partial charge >= 0.3 is 0 Å². The maximum absolute atomic E-state index is 5.88. The van der Waals surface area contributed by atoms with Gasteiger partial charge < -0.3 is 10.5 Å². The molecule has 0 unspecified atom stereocenters. The number of ether oxygens (including phenoxy) is 1. The molecule has 18 heavy (non-hydrogen) atoms. The highest BCUT2D eigenvalue weighted by Crippen LogP contribution is 2.32. The Morgan fingerprint density at radius 2 is 2.22 bits per heavy atom. The third-order valence-electron chi connectivity index (χ3n) is 2.36. The van der Waals surface area contributed by atoms with Crippen LogP contribution in [0.1, 0.15) is 13.3 Å². The van der Waals surface area contributed by atoms with Crippen molar-refractivity contribution < 1.29 is 4.74 Å². The summed E-state index contributed by atoms with van der Waals surface area (Å²) >= 11 is 1.65. The van der Waals surface area contributed by atoms with Gasteiger partial charge in [-0.05, 0) is 24.6 Å². The van der Waals surface area contributed by atoms with Crippen molar-refractivity contribution in [1.29, 1.82) is 0 Å². The Balaban J connectivity index is 2.13. The zero-order valence-corrected chi connectivity index (χ0v) is 11.4. The highest BCUT2D eigenvalue weighted by Gasteiger charge is 2.05. The predicted octanol–water partition coefficient (Wildman–Crippen LogP) is 2.94. The molecule has 4 nitrogen and oxygen atoms in total. The van der Waals surface area contributed by atoms with Crippen LogP contribution in [0.3, 0.4) is 0 Å². The van der Waals surface area contributed by atoms with Crippen LogP contribution >= 0.6 is 11.8 Å². The first kappa shape index (κ1) is 12.8. The lowest BCUT2D eigenvalue weighted by atomic mass is 10.3. The molecule has 0 aliphatic carbocycles. The number of rotatable bonds is 5. The molecule has 0 radical (unpaired) electrons. The van der Waals surface area contributed by atoms with Gasteiger partial charge in [0.1, 0.15) is 5.75 Å². The average Bonchev–Trinajstić information content (AvgIpc) is 2.75. The number of nitrogen functional groups attached to an aromatic ring is 1. The smallest absolute Gasteiger partial charge is 0.143 e. The van der Waals surface area contributed by atoms with E-state index < -0.39 is 0 Å². The van der Waals surface area contributed by atoms with Gasteiger partial charge in [-0.1, -0.05) is 18.7 Å². The van der Waals surface area contributed by atoms with E-state index in [4.69, 9.17) is 10.5 Å². The van der Waals surface area contributed by atoms with Gasteiger partial charge in [0.05, 0.1) is 23.4 Å². The number of nitrogens with zero attached hydrogens (tertiary/aromatic N) is 2. The molecule has 0 saturated carbocycles. The summed E-state index contributed by atoms with van der Waals surface area (Å²) in [7, 11) is 1.91. The van der Waals surface area contributed by atoms with E-state index in [0.717, 1.165) is 22.0 Å². The molecule has 0 fully saturated rings. The van der Waals surface area contributed by atoms with Gasteiger partial charge in [0.25, 0.3) is 0 Å². The second-order valence-electron chi connectivity index (χ2n) is 4.00. The molecule has 5 heteroatoms. The number of aromatic nitrogens is 2. The van der Waals surface area contributed by atoms with E-state index in [-0.39, 0.29) is 0 Å². The molecule has 2 rings (SSSR count). The minimum absolute atomic E-state index is 0.680. The van der Waals surface area contributed by atoms with E-state index in [1.54, 1.807) is 16.4 Å². The lowest BCUT2D eigenvalue weighted by molar-refractivity contribution is 0.318. The summed E-state index contributed by atoms with van der Waals surface area (Å²) in [6.07, 6.45) is 4.79. The standard InChI is InChI=1S/C13H17N3OS/c1-3-6-17-13-7-10(4-5-12(13)14)18-11-8-15-16(2)9-11/h4-5,7-9H,3,6,14H2,1-2H3. The number of hydrogen-bond acceptors (Lipinski definition) is 4. The molecule has 0 aliphatic rings. The second kappa shape index (κ2) is 5.82. The molecule has 96 valence electrons. The van der Waals surface area contributed by atoms with Crippen molar-refractivity contribution in [2.24, 2.45) is 7.05 Å². The van der Waals surface area contributed by atoms with E-state index in [0.29, 0.717) is 12.3 Å². The quantitative estimate of drug-likeness (QED) is 0.843. The third kappa shape index (κ3) is 3.20. The topological polar surface area (TPSA) is 53.1 Å². The molecule has 1 aromatic carbocycles. The van der Waals surface area contributed by atoms with Crippen LogP contribution in [0.2, 0.25) is 0 Å². The fraction of sp³-hybridized carbons (Fsp3) is 0.308. The first-order valence-electron chi connectivity index (χ1n) is 5.88. The van der Waals surface area contributed by atoms with E-state index in [1.165, 1.54) is 0 Å². The maximum atomic E-state index is 5.88. The zero-order valence-electron chi connectivity index (χ0n) is 10.6. The highest BCUT2D eigenvalue weighted by molar-refractivity contribution is 7.99. The Morgan fingerprint density at radius 3 is 2.89 bits per heavy atom. The Labute approximate surface area is 111 Å². The van der Waals surface area contributed by atoms with Crippen molar-refractivity contribution in [2.45, 2.75) is 23.1 Å². The normalized spacial score (nSPS) is 10.6. The minimum atomic E-state index is 0.680. The number of nitrogens with two attached hydrogens (primary N) is 1. The van der Waals surface area contributed by atoms with Gasteiger partial charge in [0, 0.05) is 18.1 Å². The van der Waals surface area contributed by atoms with Crippen LogP contribution in [-0.4, -0.2) is 16.4 Å². The van der Waals surface area contributed by atoms with Gasteiger partial charge in [0.15, 0.2) is 0 Å². The van der Waals surface area contributed by atoms with Crippen LogP contribution in [0.4, 0.5) is 5.69 Å². The summed E-state index contributed by atoms with van der Waals surface area (Å²) in [6.45, 7) is 2.76. The van der Waals surface area contributed by atoms with E-state index in [1.807, 2.05) is 37.6 Å². The first-order chi connectivity index (χ1) is 8.69. The largest absolute Gasteiger partial charge is 0.491 e. The number of anilines is 1. The van der Waals surface area contributed by atoms with Gasteiger partial charge in [0.2, 0.25) is 0 Å². The Morgan fingerprint density at radius 1 is 1.39 bits per heavy atom. The highest BCUT2D eigenvalue weighted by atomic mass is 32.2. The molecule has 1 heterocycles. The lowest BCUT2D eigenvalue weighted by Gasteiger charge is -2.09. The molecule has 2 aromatic rings. The minimum Gasteiger partial charge on any atom is -0.491 e. The fourth-order valence-corrected chi connectivity index (χ4v) is 2.38. The fourth-order valence-electron chi connectivity index (χ4n) is 1.50. The van der Waals surface area contributed by atoms with Gasteiger partial charge in [-0.25, -0.2) is 0 Å². The van der Waals surface area contributed by atoms with Crippen molar-refractivity contribution in [1.82, 2.24) is 9.78 Å². The van der Waals surface area contributed by atoms with Crippen LogP contribution in [0.25, 0.3) is 0 Å². The lowest BCUT2D eigenvalue weighted by Crippen LogP contribution is -1.98. The maximum Gasteiger partial charge on any atom is 0.143 e. The Bertz CT molecular complexity index is 525. The number of hydrogen-bond donors (Lipinski definition) is 1. The van der Waals surface area contributed by atoms with Crippen molar-refractivity contribution in [3.05, 3.63) is 30.6 Å². The van der Waals surface area contributed by atoms with E-state index in [9.17, 15) is 0 Å². The molecule has 0 amide bonds. The summed E-state index contributed by atoms with van der Waals surface area (Å²) in [5, 5.41) is 4.14. The van der Waals surface area contributed by atoms with Crippen molar-refractivity contribution in [3.63, 3.8) is 0 Å². The molecule has 0 saturated heterocycles. The van der Waals surface area contributed by atoms with E-state index >= 15 is 0 Å². The molecule has 0 bridgehead atoms. The van der Waals surface area contributed by atoms with Crippen molar-refractivity contribution in [2.75, 3.05) is 12.3 Å². The molecule has 0 atom stereocenters. The van der Waals surface area contributed by atoms with Crippen LogP contribution < -0.4 is 10.5 Å². The molecule has 2 N–H and O–H groups in total. The van der Waals surface area contributed by atoms with Crippen molar-refractivity contribution in [3.8, 4) is 5.75 Å². The van der Waals surface area contributed by atoms with Crippen LogP contribution in [0, 0.1) is 0 Å². The number of benzene rings is 1. The van der Waals surface area contributed by atoms with E-state index in [2.05, 4.69) is 12.0 Å². The molecule has 0 spiro atoms. The third-order valence-corrected chi connectivity index (χ3v) is 3.30. The average molecular weight is 263 g/mol. The summed E-state index contributed by atoms with van der Waals surface area (Å²) in [5.41, 5.74) is 6.56. The number of aryl methyl sites for hydroxylation is 1. The Kier molecular flexibility index (Phi) is 4.15. The summed E-state index contributed by atoms with van der Waals surface area (Å²) in [6, 6.07) is 5.85. The van der Waals surface area contributed by atoms with Crippen LogP contribution in [0.15, 0.2) is 40.4 Å². The summed E-state index contributed by atoms with van der Waals surface area (Å²) in [5.74, 6) is 0.755. The molecule has 1 aromatic heterocycles. The summed E-state index contributed by atoms with van der Waals surface area (Å²) < 4.78 is 7.40. The monoisotopic (exact) mass is 263 g/mol. The second-order valence-corrected chi connectivity index (χ2v) is 5.15. The zero-order chi connectivity index (χ0) is 13.0. The van der Waals surface area contributed by atoms with Gasteiger partial charge in [-0.15, -0.1) is 0 Å². The van der Waals surface area contributed by atoms with Crippen molar-refractivity contribution >= 4 is 17.4 Å². The first-order valence-corrected chi connectivity index (χ1v) is 6.69.